The number of aryl methyl sites for hydroxylation is 1. The highest BCUT2D eigenvalue weighted by Gasteiger charge is 2.31. The second-order valence-electron chi connectivity index (χ2n) is 6.00. The van der Waals surface area contributed by atoms with Gasteiger partial charge in [0, 0.05) is 0 Å². The topological polar surface area (TPSA) is 9.23 Å². The Hall–Kier alpha value is -1.02. The maximum atomic E-state index is 6.65. The Kier molecular flexibility index (Phi) is 7.23. The minimum atomic E-state index is -1.61. The smallest absolute Gasteiger partial charge is 0.250 e. The molecule has 0 fully saturated rings. The molecular formula is C19H32OSi. The van der Waals surface area contributed by atoms with Crippen LogP contribution in [0.25, 0.3) is 0 Å². The van der Waals surface area contributed by atoms with Crippen LogP contribution in [0.1, 0.15) is 58.1 Å². The molecule has 1 atom stereocenters. The van der Waals surface area contributed by atoms with E-state index < -0.39 is 8.32 Å². The van der Waals surface area contributed by atoms with Crippen LogP contribution >= 0.6 is 0 Å². The number of hydrogen-bond donors (Lipinski definition) is 0. The fourth-order valence-corrected chi connectivity index (χ4v) is 5.46. The molecule has 0 amide bonds. The first kappa shape index (κ1) is 18.0. The van der Waals surface area contributed by atoms with Gasteiger partial charge in [-0.05, 0) is 54.1 Å². The number of allylic oxidation sites excluding steroid dienone is 1. The van der Waals surface area contributed by atoms with Crippen molar-refractivity contribution in [1.82, 2.24) is 0 Å². The summed E-state index contributed by atoms with van der Waals surface area (Å²) in [6.45, 7) is 15.2. The van der Waals surface area contributed by atoms with E-state index in [0.717, 1.165) is 18.6 Å². The van der Waals surface area contributed by atoms with E-state index in [1.54, 1.807) is 0 Å². The monoisotopic (exact) mass is 304 g/mol. The summed E-state index contributed by atoms with van der Waals surface area (Å²) in [5.74, 6) is 1.60. The molecule has 2 heteroatoms. The third kappa shape index (κ3) is 4.47. The molecule has 1 unspecified atom stereocenters. The maximum Gasteiger partial charge on any atom is 0.250 e. The average molecular weight is 305 g/mol. The van der Waals surface area contributed by atoms with Gasteiger partial charge >= 0.3 is 0 Å². The SMILES string of the molecule is C=CCC(C)c1cc(CC)ccc1O[Si](CC)(CC)CC. The van der Waals surface area contributed by atoms with Gasteiger partial charge in [-0.25, -0.2) is 0 Å². The van der Waals surface area contributed by atoms with Crippen LogP contribution in [0.4, 0.5) is 0 Å². The van der Waals surface area contributed by atoms with E-state index in [9.17, 15) is 0 Å². The van der Waals surface area contributed by atoms with Crippen LogP contribution in [0.3, 0.4) is 0 Å². The van der Waals surface area contributed by atoms with Gasteiger partial charge in [-0.3, -0.25) is 0 Å². The largest absolute Gasteiger partial charge is 0.543 e. The van der Waals surface area contributed by atoms with E-state index in [1.807, 2.05) is 6.08 Å². The highest BCUT2D eigenvalue weighted by atomic mass is 28.4. The quantitative estimate of drug-likeness (QED) is 0.383. The third-order valence-electron chi connectivity index (χ3n) is 4.79. The van der Waals surface area contributed by atoms with Gasteiger partial charge in [0.2, 0.25) is 8.32 Å². The molecule has 0 heterocycles. The predicted molar refractivity (Wildman–Crippen MR) is 96.9 cm³/mol. The van der Waals surface area contributed by atoms with Crippen molar-refractivity contribution in [3.05, 3.63) is 42.0 Å². The van der Waals surface area contributed by atoms with Gasteiger partial charge in [-0.15, -0.1) is 6.58 Å². The molecule has 0 bridgehead atoms. The molecular weight excluding hydrogens is 272 g/mol. The van der Waals surface area contributed by atoms with Gasteiger partial charge in [-0.2, -0.15) is 0 Å². The first-order valence-electron chi connectivity index (χ1n) is 8.48. The number of benzene rings is 1. The zero-order chi connectivity index (χ0) is 15.9. The molecule has 1 aromatic carbocycles. The maximum absolute atomic E-state index is 6.65. The molecule has 0 aromatic heterocycles. The fourth-order valence-electron chi connectivity index (χ4n) is 2.87. The van der Waals surface area contributed by atoms with Crippen LogP contribution in [-0.2, 0) is 6.42 Å². The van der Waals surface area contributed by atoms with Crippen molar-refractivity contribution in [2.45, 2.75) is 71.5 Å². The van der Waals surface area contributed by atoms with Crippen molar-refractivity contribution in [2.24, 2.45) is 0 Å². The molecule has 0 aliphatic rings. The lowest BCUT2D eigenvalue weighted by atomic mass is 9.94. The molecule has 0 aliphatic heterocycles. The number of rotatable bonds is 9. The standard InChI is InChI=1S/C19H32OSi/c1-7-12-16(6)18-15-17(8-2)13-14-19(18)20-21(9-3,10-4)11-5/h7,13-16H,1,8-12H2,2-6H3. The van der Waals surface area contributed by atoms with Gasteiger partial charge in [0.15, 0.2) is 0 Å². The van der Waals surface area contributed by atoms with Crippen molar-refractivity contribution in [2.75, 3.05) is 0 Å². The highest BCUT2D eigenvalue weighted by molar-refractivity contribution is 6.74. The van der Waals surface area contributed by atoms with Crippen LogP contribution in [0.5, 0.6) is 5.75 Å². The lowest BCUT2D eigenvalue weighted by Gasteiger charge is -2.31. The van der Waals surface area contributed by atoms with Crippen LogP contribution in [0, 0.1) is 0 Å². The molecule has 0 aliphatic carbocycles. The molecule has 118 valence electrons. The van der Waals surface area contributed by atoms with Gasteiger partial charge < -0.3 is 4.43 Å². The van der Waals surface area contributed by atoms with Crippen molar-refractivity contribution >= 4 is 8.32 Å². The fraction of sp³-hybridized carbons (Fsp3) is 0.579. The molecule has 0 spiro atoms. The van der Waals surface area contributed by atoms with E-state index in [2.05, 4.69) is 59.4 Å². The summed E-state index contributed by atoms with van der Waals surface area (Å²) in [4.78, 5) is 0. The van der Waals surface area contributed by atoms with Crippen molar-refractivity contribution < 1.29 is 4.43 Å². The van der Waals surface area contributed by atoms with Crippen LogP contribution < -0.4 is 4.43 Å². The molecule has 1 rings (SSSR count). The third-order valence-corrected chi connectivity index (χ3v) is 9.31. The summed E-state index contributed by atoms with van der Waals surface area (Å²) in [7, 11) is -1.61. The number of hydrogen-bond acceptors (Lipinski definition) is 1. The van der Waals surface area contributed by atoms with Gasteiger partial charge in [0.05, 0.1) is 0 Å². The minimum Gasteiger partial charge on any atom is -0.543 e. The highest BCUT2D eigenvalue weighted by Crippen LogP contribution is 2.34. The Bertz CT molecular complexity index is 441. The summed E-state index contributed by atoms with van der Waals surface area (Å²) in [5.41, 5.74) is 2.76. The van der Waals surface area contributed by atoms with E-state index in [0.29, 0.717) is 5.92 Å². The summed E-state index contributed by atoms with van der Waals surface area (Å²) < 4.78 is 6.65. The van der Waals surface area contributed by atoms with Gasteiger partial charge in [-0.1, -0.05) is 52.8 Å². The van der Waals surface area contributed by atoms with E-state index >= 15 is 0 Å². The Labute approximate surface area is 132 Å². The van der Waals surface area contributed by atoms with Crippen molar-refractivity contribution in [1.29, 1.82) is 0 Å². The Balaban J connectivity index is 3.18. The Morgan fingerprint density at radius 2 is 1.76 bits per heavy atom. The van der Waals surface area contributed by atoms with E-state index in [1.165, 1.54) is 29.3 Å². The second-order valence-corrected chi connectivity index (χ2v) is 10.7. The molecule has 0 N–H and O–H groups in total. The predicted octanol–water partition coefficient (Wildman–Crippen LogP) is 6.31. The first-order chi connectivity index (χ1) is 10.1. The summed E-state index contributed by atoms with van der Waals surface area (Å²) in [5, 5.41) is 0. The van der Waals surface area contributed by atoms with Gasteiger partial charge in [0.1, 0.15) is 5.75 Å². The zero-order valence-corrected chi connectivity index (χ0v) is 15.5. The lowest BCUT2D eigenvalue weighted by Crippen LogP contribution is -2.39. The molecule has 21 heavy (non-hydrogen) atoms. The van der Waals surface area contributed by atoms with Crippen molar-refractivity contribution in [3.8, 4) is 5.75 Å². The normalized spacial score (nSPS) is 13.0. The van der Waals surface area contributed by atoms with Crippen molar-refractivity contribution in [3.63, 3.8) is 0 Å². The van der Waals surface area contributed by atoms with E-state index in [4.69, 9.17) is 4.43 Å². The summed E-state index contributed by atoms with van der Waals surface area (Å²) in [6.07, 6.45) is 4.09. The van der Waals surface area contributed by atoms with Crippen LogP contribution in [-0.4, -0.2) is 8.32 Å². The average Bonchev–Trinajstić information content (AvgIpc) is 2.53. The molecule has 0 saturated heterocycles. The summed E-state index contributed by atoms with van der Waals surface area (Å²) in [6, 6.07) is 10.3. The van der Waals surface area contributed by atoms with Crippen LogP contribution in [0.15, 0.2) is 30.9 Å². The van der Waals surface area contributed by atoms with Gasteiger partial charge in [0.25, 0.3) is 0 Å². The lowest BCUT2D eigenvalue weighted by molar-refractivity contribution is 0.518. The second kappa shape index (κ2) is 8.43. The van der Waals surface area contributed by atoms with Crippen LogP contribution in [0.2, 0.25) is 18.1 Å². The molecule has 0 saturated carbocycles. The molecule has 1 aromatic rings. The van der Waals surface area contributed by atoms with E-state index in [-0.39, 0.29) is 0 Å². The summed E-state index contributed by atoms with van der Waals surface area (Å²) >= 11 is 0. The zero-order valence-electron chi connectivity index (χ0n) is 14.5. The molecule has 1 nitrogen and oxygen atoms in total. The molecule has 0 radical (unpaired) electrons. The Morgan fingerprint density at radius 3 is 2.24 bits per heavy atom. The first-order valence-corrected chi connectivity index (χ1v) is 11.0. The minimum absolute atomic E-state index is 0.473. The Morgan fingerprint density at radius 1 is 1.14 bits per heavy atom.